The summed E-state index contributed by atoms with van der Waals surface area (Å²) in [7, 11) is 2.03. The highest BCUT2D eigenvalue weighted by atomic mass is 79.9. The third kappa shape index (κ3) is 2.78. The number of hydrogen-bond acceptors (Lipinski definition) is 2. The van der Waals surface area contributed by atoms with Gasteiger partial charge in [-0.05, 0) is 23.8 Å². The van der Waals surface area contributed by atoms with Crippen molar-refractivity contribution >= 4 is 38.5 Å². The van der Waals surface area contributed by atoms with Gasteiger partial charge in [0.05, 0.1) is 11.8 Å². The van der Waals surface area contributed by atoms with Gasteiger partial charge in [-0.3, -0.25) is 4.79 Å². The van der Waals surface area contributed by atoms with E-state index in [9.17, 15) is 4.79 Å². The van der Waals surface area contributed by atoms with E-state index in [4.69, 9.17) is 0 Å². The van der Waals surface area contributed by atoms with Gasteiger partial charge in [0.1, 0.15) is 0 Å². The Labute approximate surface area is 154 Å². The fourth-order valence-corrected chi connectivity index (χ4v) is 3.87. The van der Waals surface area contributed by atoms with Crippen molar-refractivity contribution in [1.29, 1.82) is 0 Å². The van der Waals surface area contributed by atoms with E-state index in [0.29, 0.717) is 0 Å². The second-order valence-electron chi connectivity index (χ2n) is 6.35. The number of carbonyl (C=O) groups is 1. The van der Waals surface area contributed by atoms with Crippen LogP contribution in [0.5, 0.6) is 0 Å². The van der Waals surface area contributed by atoms with Gasteiger partial charge in [-0.25, -0.2) is 5.01 Å². The number of carbonyl (C=O) groups excluding carboxylic acids is 1. The number of hydrogen-bond donors (Lipinski definition) is 0. The monoisotopic (exact) mass is 395 g/mol. The fourth-order valence-electron chi connectivity index (χ4n) is 3.51. The predicted octanol–water partition coefficient (Wildman–Crippen LogP) is 4.64. The molecule has 4 nitrogen and oxygen atoms in total. The molecule has 3 aromatic rings. The molecule has 1 aliphatic heterocycles. The van der Waals surface area contributed by atoms with Crippen LogP contribution in [0, 0.1) is 0 Å². The molecule has 1 aliphatic rings. The highest BCUT2D eigenvalue weighted by Gasteiger charge is 2.33. The summed E-state index contributed by atoms with van der Waals surface area (Å²) >= 11 is 3.56. The van der Waals surface area contributed by atoms with Crippen LogP contribution >= 0.6 is 15.9 Å². The van der Waals surface area contributed by atoms with Crippen molar-refractivity contribution < 1.29 is 4.79 Å². The zero-order chi connectivity index (χ0) is 17.6. The lowest BCUT2D eigenvalue weighted by Gasteiger charge is -2.19. The quantitative estimate of drug-likeness (QED) is 0.622. The molecule has 0 saturated carbocycles. The lowest BCUT2D eigenvalue weighted by Crippen LogP contribution is -2.24. The predicted molar refractivity (Wildman–Crippen MR) is 103 cm³/mol. The molecule has 2 aromatic carbocycles. The summed E-state index contributed by atoms with van der Waals surface area (Å²) < 4.78 is 3.14. The van der Waals surface area contributed by atoms with E-state index >= 15 is 0 Å². The second kappa shape index (κ2) is 6.15. The molecule has 0 saturated heterocycles. The topological polar surface area (TPSA) is 37.6 Å². The van der Waals surface area contributed by atoms with Crippen molar-refractivity contribution in [2.45, 2.75) is 19.4 Å². The van der Waals surface area contributed by atoms with Gasteiger partial charge in [0.2, 0.25) is 5.91 Å². The molecule has 2 heterocycles. The van der Waals surface area contributed by atoms with E-state index in [-0.39, 0.29) is 11.9 Å². The fraction of sp³-hybridized carbons (Fsp3) is 0.200. The molecule has 5 heteroatoms. The summed E-state index contributed by atoms with van der Waals surface area (Å²) in [5.74, 6) is -0.0390. The second-order valence-corrected chi connectivity index (χ2v) is 7.27. The zero-order valence-corrected chi connectivity index (χ0v) is 15.7. The van der Waals surface area contributed by atoms with E-state index in [1.807, 2.05) is 43.4 Å². The summed E-state index contributed by atoms with van der Waals surface area (Å²) in [5, 5.41) is 7.41. The van der Waals surface area contributed by atoms with Crippen LogP contribution in [0.4, 0.5) is 0 Å². The summed E-state index contributed by atoms with van der Waals surface area (Å²) in [6, 6.07) is 16.2. The Hall–Kier alpha value is -2.40. The third-order valence-electron chi connectivity index (χ3n) is 4.68. The van der Waals surface area contributed by atoms with Crippen LogP contribution in [0.15, 0.2) is 64.3 Å². The molecule has 25 heavy (non-hydrogen) atoms. The molecule has 0 radical (unpaired) electrons. The number of fused-ring (bicyclic) bond motifs is 1. The minimum atomic E-state index is -0.0780. The summed E-state index contributed by atoms with van der Waals surface area (Å²) in [6.45, 7) is 1.57. The molecular weight excluding hydrogens is 378 g/mol. The van der Waals surface area contributed by atoms with Crippen molar-refractivity contribution in [2.24, 2.45) is 12.1 Å². The number of aromatic nitrogens is 1. The first kappa shape index (κ1) is 16.1. The molecule has 0 spiro atoms. The number of aryl methyl sites for hydroxylation is 1. The van der Waals surface area contributed by atoms with Gasteiger partial charge in [0.15, 0.2) is 0 Å². The summed E-state index contributed by atoms with van der Waals surface area (Å²) in [6.07, 6.45) is 2.83. The van der Waals surface area contributed by atoms with Gasteiger partial charge in [-0.1, -0.05) is 46.3 Å². The number of amides is 1. The summed E-state index contributed by atoms with van der Waals surface area (Å²) in [5.41, 5.74) is 4.30. The van der Waals surface area contributed by atoms with Crippen molar-refractivity contribution in [2.75, 3.05) is 0 Å². The van der Waals surface area contributed by atoms with Crippen LogP contribution in [-0.4, -0.2) is 21.2 Å². The highest BCUT2D eigenvalue weighted by molar-refractivity contribution is 9.10. The first-order valence-electron chi connectivity index (χ1n) is 8.22. The van der Waals surface area contributed by atoms with Crippen molar-refractivity contribution in [1.82, 2.24) is 9.58 Å². The molecule has 1 aromatic heterocycles. The molecule has 4 rings (SSSR count). The molecule has 1 amide bonds. The van der Waals surface area contributed by atoms with Gasteiger partial charge in [-0.2, -0.15) is 5.10 Å². The smallest absolute Gasteiger partial charge is 0.240 e. The van der Waals surface area contributed by atoms with E-state index < -0.39 is 0 Å². The maximum atomic E-state index is 12.2. The number of halogens is 1. The van der Waals surface area contributed by atoms with Gasteiger partial charge in [0.25, 0.3) is 0 Å². The lowest BCUT2D eigenvalue weighted by molar-refractivity contribution is -0.130. The number of hydrazone groups is 1. The van der Waals surface area contributed by atoms with E-state index in [0.717, 1.165) is 38.6 Å². The third-order valence-corrected chi connectivity index (χ3v) is 5.17. The van der Waals surface area contributed by atoms with Crippen LogP contribution < -0.4 is 0 Å². The minimum absolute atomic E-state index is 0.0390. The number of nitrogens with zero attached hydrogens (tertiary/aromatic N) is 3. The Kier molecular flexibility index (Phi) is 3.96. The zero-order valence-electron chi connectivity index (χ0n) is 14.1. The maximum absolute atomic E-state index is 12.2. The average Bonchev–Trinajstić information content (AvgIpc) is 3.17. The van der Waals surface area contributed by atoms with Crippen LogP contribution in [0.1, 0.15) is 30.5 Å². The van der Waals surface area contributed by atoms with Gasteiger partial charge in [0, 0.05) is 47.5 Å². The van der Waals surface area contributed by atoms with Crippen LogP contribution in [0.25, 0.3) is 10.9 Å². The van der Waals surface area contributed by atoms with Crippen LogP contribution in [-0.2, 0) is 11.8 Å². The molecule has 0 bridgehead atoms. The number of rotatable bonds is 2. The first-order chi connectivity index (χ1) is 12.0. The van der Waals surface area contributed by atoms with Crippen molar-refractivity contribution in [3.63, 3.8) is 0 Å². The van der Waals surface area contributed by atoms with E-state index in [1.54, 1.807) is 11.9 Å². The standard InChI is InChI=1S/C20H18BrN3O/c1-13(25)24-20(11-18(22-24)14-6-4-3-5-7-14)17-12-23(2)19-9-8-15(21)10-16(17)19/h3-10,12,20H,11H2,1-2H3. The van der Waals surface area contributed by atoms with Gasteiger partial charge < -0.3 is 4.57 Å². The lowest BCUT2D eigenvalue weighted by atomic mass is 9.98. The summed E-state index contributed by atoms with van der Waals surface area (Å²) in [4.78, 5) is 12.2. The molecule has 1 unspecified atom stereocenters. The molecule has 0 N–H and O–H groups in total. The van der Waals surface area contributed by atoms with Gasteiger partial charge >= 0.3 is 0 Å². The molecule has 126 valence electrons. The molecular formula is C20H18BrN3O. The highest BCUT2D eigenvalue weighted by Crippen LogP contribution is 2.38. The van der Waals surface area contributed by atoms with Crippen LogP contribution in [0.2, 0.25) is 0 Å². The SMILES string of the molecule is CC(=O)N1N=C(c2ccccc2)CC1c1cn(C)c2ccc(Br)cc12. The molecule has 0 aliphatic carbocycles. The van der Waals surface area contributed by atoms with Crippen molar-refractivity contribution in [3.8, 4) is 0 Å². The molecule has 1 atom stereocenters. The first-order valence-corrected chi connectivity index (χ1v) is 9.01. The van der Waals surface area contributed by atoms with Gasteiger partial charge in [-0.15, -0.1) is 0 Å². The Morgan fingerprint density at radius 3 is 2.68 bits per heavy atom. The Morgan fingerprint density at radius 1 is 1.20 bits per heavy atom. The largest absolute Gasteiger partial charge is 0.350 e. The maximum Gasteiger partial charge on any atom is 0.240 e. The Balaban J connectivity index is 1.81. The Morgan fingerprint density at radius 2 is 1.96 bits per heavy atom. The normalized spacial score (nSPS) is 17.2. The van der Waals surface area contributed by atoms with Crippen LogP contribution in [0.3, 0.4) is 0 Å². The van der Waals surface area contributed by atoms with E-state index in [2.05, 4.69) is 43.9 Å². The molecule has 0 fully saturated rings. The average molecular weight is 396 g/mol. The van der Waals surface area contributed by atoms with E-state index in [1.165, 1.54) is 0 Å². The van der Waals surface area contributed by atoms with Crippen molar-refractivity contribution in [3.05, 3.63) is 70.3 Å². The number of benzene rings is 2. The minimum Gasteiger partial charge on any atom is -0.350 e. The Bertz CT molecular complexity index is 991.